The maximum Gasteiger partial charge on any atom is 0.328 e. The maximum absolute atomic E-state index is 13.2. The molecule has 11 atom stereocenters. The highest BCUT2D eigenvalue weighted by atomic mass is 16.4. The SMILES string of the molecule is CC[C@H](C)[C@H](N)C(=O)N[C@@H](CO)C(=O)N[C@@H](C)C(=O)NCC(=O)N[C@@H](CO)C(=O)N[C@@H](CO)C(=O)N[C@@H](CCC(N)=O)C(=O)N[C@@H](CO)C(=O)N[C@H](C(=O)N[C@@H](CO)C(=O)O)[C@@H](C)O. The Bertz CT molecular complexity index is 1650. The first-order valence-electron chi connectivity index (χ1n) is 19.6. The van der Waals surface area contributed by atoms with E-state index >= 15 is 0 Å². The summed E-state index contributed by atoms with van der Waals surface area (Å²) < 4.78 is 0. The molecule has 0 heterocycles. The number of carbonyl (C=O) groups excluding carboxylic acids is 10. The number of aliphatic carboxylic acids is 1. The van der Waals surface area contributed by atoms with Gasteiger partial charge in [0.15, 0.2) is 0 Å². The Morgan fingerprint density at radius 1 is 0.516 bits per heavy atom. The number of amides is 10. The fraction of sp³-hybridized carbons (Fsp3) is 0.686. The molecule has 0 aliphatic heterocycles. The third kappa shape index (κ3) is 19.9. The molecule has 20 N–H and O–H groups in total. The highest BCUT2D eigenvalue weighted by Crippen LogP contribution is 2.06. The number of nitrogens with two attached hydrogens (primary N) is 2. The summed E-state index contributed by atoms with van der Waals surface area (Å²) in [5.41, 5.74) is 11.0. The molecule has 0 aromatic rings. The lowest BCUT2D eigenvalue weighted by molar-refractivity contribution is -0.144. The minimum atomic E-state index is -1.92. The minimum Gasteiger partial charge on any atom is -0.480 e. The number of carboxylic acid groups (broad SMARTS) is 1. The number of primary amides is 1. The molecule has 0 saturated heterocycles. The first-order chi connectivity index (χ1) is 29.9. The Morgan fingerprint density at radius 3 is 1.33 bits per heavy atom. The lowest BCUT2D eigenvalue weighted by atomic mass is 9.99. The van der Waals surface area contributed by atoms with Crippen LogP contribution in [0.1, 0.15) is 47.0 Å². The van der Waals surface area contributed by atoms with Gasteiger partial charge in [-0.15, -0.1) is 0 Å². The van der Waals surface area contributed by atoms with Crippen LogP contribution in [0.2, 0.25) is 0 Å². The van der Waals surface area contributed by atoms with Crippen LogP contribution in [0.15, 0.2) is 0 Å². The summed E-state index contributed by atoms with van der Waals surface area (Å²) in [6.07, 6.45) is -2.27. The summed E-state index contributed by atoms with van der Waals surface area (Å²) in [4.78, 5) is 138. The van der Waals surface area contributed by atoms with Crippen molar-refractivity contribution in [3.63, 3.8) is 0 Å². The number of aliphatic hydroxyl groups excluding tert-OH is 6. The van der Waals surface area contributed by atoms with Crippen molar-refractivity contribution in [2.24, 2.45) is 17.4 Å². The van der Waals surface area contributed by atoms with Crippen LogP contribution in [-0.4, -0.2) is 201 Å². The molecule has 364 valence electrons. The van der Waals surface area contributed by atoms with E-state index in [1.165, 1.54) is 6.92 Å². The molecule has 0 saturated carbocycles. The molecule has 29 nitrogen and oxygen atoms in total. The molecule has 29 heteroatoms. The Labute approximate surface area is 365 Å². The molecule has 0 unspecified atom stereocenters. The van der Waals surface area contributed by atoms with Crippen molar-refractivity contribution < 1.29 is 88.5 Å². The Kier molecular flexibility index (Phi) is 26.5. The van der Waals surface area contributed by atoms with E-state index in [-0.39, 0.29) is 5.92 Å². The van der Waals surface area contributed by atoms with E-state index in [2.05, 4.69) is 26.6 Å². The van der Waals surface area contributed by atoms with Gasteiger partial charge in [-0.3, -0.25) is 47.9 Å². The van der Waals surface area contributed by atoms with Gasteiger partial charge < -0.3 is 95.1 Å². The number of carbonyl (C=O) groups is 11. The second kappa shape index (κ2) is 29.3. The van der Waals surface area contributed by atoms with Crippen molar-refractivity contribution in [2.45, 2.75) is 107 Å². The van der Waals surface area contributed by atoms with Crippen molar-refractivity contribution >= 4 is 65.0 Å². The second-order valence-corrected chi connectivity index (χ2v) is 14.3. The molecule has 64 heavy (non-hydrogen) atoms. The number of hydrogen-bond donors (Lipinski definition) is 18. The number of hydrogen-bond acceptors (Lipinski definition) is 18. The number of nitrogens with one attached hydrogen (secondary N) is 9. The lowest BCUT2D eigenvalue weighted by Crippen LogP contribution is -2.62. The molecular formula is C35H61N11O18. The summed E-state index contributed by atoms with van der Waals surface area (Å²) in [5, 5.41) is 86.1. The van der Waals surface area contributed by atoms with Crippen molar-refractivity contribution in [1.82, 2.24) is 47.9 Å². The molecule has 10 amide bonds. The molecule has 0 radical (unpaired) electrons. The third-order valence-electron chi connectivity index (χ3n) is 9.19. The van der Waals surface area contributed by atoms with Gasteiger partial charge in [0.2, 0.25) is 59.1 Å². The summed E-state index contributed by atoms with van der Waals surface area (Å²) >= 11 is 0. The van der Waals surface area contributed by atoms with Crippen LogP contribution in [0.3, 0.4) is 0 Å². The first kappa shape index (κ1) is 57.9. The molecule has 0 bridgehead atoms. The van der Waals surface area contributed by atoms with Gasteiger partial charge >= 0.3 is 5.97 Å². The second-order valence-electron chi connectivity index (χ2n) is 14.3. The van der Waals surface area contributed by atoms with Crippen molar-refractivity contribution in [1.29, 1.82) is 0 Å². The zero-order chi connectivity index (χ0) is 49.4. The summed E-state index contributed by atoms with van der Waals surface area (Å²) in [7, 11) is 0. The Hall–Kier alpha value is -6.11. The van der Waals surface area contributed by atoms with Crippen molar-refractivity contribution in [3.05, 3.63) is 0 Å². The summed E-state index contributed by atoms with van der Waals surface area (Å²) in [6, 6.07) is -14.9. The summed E-state index contributed by atoms with van der Waals surface area (Å²) in [6.45, 7) is -0.426. The van der Waals surface area contributed by atoms with Gasteiger partial charge in [-0.2, -0.15) is 0 Å². The van der Waals surface area contributed by atoms with E-state index in [0.29, 0.717) is 6.42 Å². The third-order valence-corrected chi connectivity index (χ3v) is 9.19. The number of aliphatic hydroxyl groups is 6. The zero-order valence-electron chi connectivity index (χ0n) is 35.5. The van der Waals surface area contributed by atoms with E-state index in [4.69, 9.17) is 21.7 Å². The molecule has 0 aliphatic carbocycles. The highest BCUT2D eigenvalue weighted by Gasteiger charge is 2.35. The molecule has 0 aromatic heterocycles. The normalized spacial score (nSPS) is 16.1. The van der Waals surface area contributed by atoms with Gasteiger partial charge in [-0.1, -0.05) is 20.3 Å². The fourth-order valence-corrected chi connectivity index (χ4v) is 4.98. The van der Waals surface area contributed by atoms with Crippen LogP contribution in [-0.2, 0) is 52.7 Å². The van der Waals surface area contributed by atoms with Crippen LogP contribution in [0.25, 0.3) is 0 Å². The molecule has 0 fully saturated rings. The minimum absolute atomic E-state index is 0.246. The fourth-order valence-electron chi connectivity index (χ4n) is 4.98. The van der Waals surface area contributed by atoms with Gasteiger partial charge in [-0.25, -0.2) is 4.79 Å². The van der Waals surface area contributed by atoms with Crippen LogP contribution < -0.4 is 59.3 Å². The topological polar surface area (TPSA) is 490 Å². The van der Waals surface area contributed by atoms with Crippen molar-refractivity contribution in [2.75, 3.05) is 39.6 Å². The smallest absolute Gasteiger partial charge is 0.328 e. The van der Waals surface area contributed by atoms with E-state index in [9.17, 15) is 78.3 Å². The van der Waals surface area contributed by atoms with Crippen LogP contribution in [0, 0.1) is 5.92 Å². The van der Waals surface area contributed by atoms with E-state index < -0.39 is 178 Å². The predicted octanol–water partition coefficient (Wildman–Crippen LogP) is -10.9. The van der Waals surface area contributed by atoms with Gasteiger partial charge in [0.05, 0.1) is 51.7 Å². The molecule has 0 rings (SSSR count). The van der Waals surface area contributed by atoms with Crippen LogP contribution in [0.4, 0.5) is 0 Å². The lowest BCUT2D eigenvalue weighted by Gasteiger charge is -2.27. The van der Waals surface area contributed by atoms with E-state index in [0.717, 1.165) is 6.92 Å². The zero-order valence-corrected chi connectivity index (χ0v) is 35.5. The number of rotatable bonds is 30. The molecular weight excluding hydrogens is 862 g/mol. The average Bonchev–Trinajstić information content (AvgIpc) is 3.25. The molecule has 0 spiro atoms. The molecule has 0 aliphatic rings. The maximum atomic E-state index is 13.2. The summed E-state index contributed by atoms with van der Waals surface area (Å²) in [5.74, 6) is -13.0. The quantitative estimate of drug-likeness (QED) is 0.0318. The van der Waals surface area contributed by atoms with Crippen LogP contribution >= 0.6 is 0 Å². The Morgan fingerprint density at radius 2 is 0.906 bits per heavy atom. The van der Waals surface area contributed by atoms with Gasteiger partial charge in [-0.05, 0) is 26.2 Å². The first-order valence-corrected chi connectivity index (χ1v) is 19.6. The monoisotopic (exact) mass is 923 g/mol. The number of carboxylic acids is 1. The van der Waals surface area contributed by atoms with Gasteiger partial charge in [0.25, 0.3) is 0 Å². The van der Waals surface area contributed by atoms with Gasteiger partial charge in [0.1, 0.15) is 48.3 Å². The van der Waals surface area contributed by atoms with Gasteiger partial charge in [0, 0.05) is 6.42 Å². The standard InChI is InChI=1S/C35H61N11O18/c1-5-14(2)25(37)33(61)44-19(10-48)29(57)39-15(3)27(55)38-8-24(54)40-18(9-47)30(58)43-20(11-49)31(59)41-17(6-7-23(36)53)28(56)42-21(12-50)32(60)46-26(16(4)52)34(62)45-22(13-51)35(63)64/h14-22,25-26,47-52H,5-13,37H2,1-4H3,(H2,36,53)(H,38,55)(H,39,57)(H,40,54)(H,41,59)(H,42,56)(H,43,58)(H,44,61)(H,45,62)(H,46,60)(H,63,64)/t14-,15-,16+,17-,18-,19-,20-,21-,22-,25-,26-/m0/s1. The largest absolute Gasteiger partial charge is 0.480 e. The predicted molar refractivity (Wildman–Crippen MR) is 215 cm³/mol. The van der Waals surface area contributed by atoms with E-state index in [1.54, 1.807) is 13.8 Å². The molecule has 0 aromatic carbocycles. The van der Waals surface area contributed by atoms with Crippen LogP contribution in [0.5, 0.6) is 0 Å². The van der Waals surface area contributed by atoms with Crippen molar-refractivity contribution in [3.8, 4) is 0 Å². The van der Waals surface area contributed by atoms with E-state index in [1.807, 2.05) is 21.3 Å². The Balaban J connectivity index is 5.63. The average molecular weight is 924 g/mol. The highest BCUT2D eigenvalue weighted by molar-refractivity contribution is 5.98.